The van der Waals surface area contributed by atoms with Gasteiger partial charge in [-0.15, -0.1) is 11.8 Å². The number of thioether (sulfide) groups is 1. The summed E-state index contributed by atoms with van der Waals surface area (Å²) < 4.78 is 28.1. The highest BCUT2D eigenvalue weighted by molar-refractivity contribution is 7.99. The predicted octanol–water partition coefficient (Wildman–Crippen LogP) is 0.923. The molecule has 146 valence electrons. The fraction of sp³-hybridized carbons (Fsp3) is 0.471. The minimum Gasteiger partial charge on any atom is -0.452 e. The van der Waals surface area contributed by atoms with Gasteiger partial charge in [-0.1, -0.05) is 0 Å². The number of carbonyl (C=O) groups excluding carboxylic acids is 3. The van der Waals surface area contributed by atoms with Gasteiger partial charge >= 0.3 is 5.97 Å². The molecule has 2 aliphatic heterocycles. The molecule has 0 unspecified atom stereocenters. The molecule has 1 aromatic rings. The van der Waals surface area contributed by atoms with Crippen molar-refractivity contribution in [3.05, 3.63) is 23.8 Å². The van der Waals surface area contributed by atoms with Gasteiger partial charge in [0.15, 0.2) is 16.4 Å². The third kappa shape index (κ3) is 4.81. The SMILES string of the molecule is CN(C(=O)COC(=O)c1ccc2c(c1)NC(=O)CCS2)[C@@H]1CCS(=O)(=O)C1. The summed E-state index contributed by atoms with van der Waals surface area (Å²) in [5.74, 6) is -0.583. The lowest BCUT2D eigenvalue weighted by atomic mass is 10.2. The Bertz CT molecular complexity index is 883. The summed E-state index contributed by atoms with van der Waals surface area (Å²) in [5, 5.41) is 2.75. The number of fused-ring (bicyclic) bond motifs is 1. The molecule has 10 heteroatoms. The number of hydrogen-bond acceptors (Lipinski definition) is 7. The average Bonchev–Trinajstić information content (AvgIpc) is 2.88. The van der Waals surface area contributed by atoms with Gasteiger partial charge in [0.2, 0.25) is 5.91 Å². The molecule has 0 spiro atoms. The van der Waals surface area contributed by atoms with Gasteiger partial charge in [-0.3, -0.25) is 9.59 Å². The minimum atomic E-state index is -3.10. The number of carbonyl (C=O) groups is 3. The van der Waals surface area contributed by atoms with Crippen LogP contribution in [-0.4, -0.2) is 68.1 Å². The smallest absolute Gasteiger partial charge is 0.338 e. The Morgan fingerprint density at radius 1 is 1.37 bits per heavy atom. The van der Waals surface area contributed by atoms with Crippen molar-refractivity contribution in [2.24, 2.45) is 0 Å². The fourth-order valence-electron chi connectivity index (χ4n) is 2.94. The molecular weight excluding hydrogens is 392 g/mol. The molecular formula is C17H20N2O6S2. The molecule has 0 aliphatic carbocycles. The lowest BCUT2D eigenvalue weighted by Gasteiger charge is -2.23. The summed E-state index contributed by atoms with van der Waals surface area (Å²) in [5.41, 5.74) is 0.784. The maximum Gasteiger partial charge on any atom is 0.338 e. The van der Waals surface area contributed by atoms with Gasteiger partial charge < -0.3 is 15.0 Å². The Hall–Kier alpha value is -2.07. The second kappa shape index (κ2) is 7.89. The van der Waals surface area contributed by atoms with Crippen LogP contribution < -0.4 is 5.32 Å². The van der Waals surface area contributed by atoms with Gasteiger partial charge in [0.05, 0.1) is 22.8 Å². The van der Waals surface area contributed by atoms with E-state index in [2.05, 4.69) is 5.32 Å². The topological polar surface area (TPSA) is 110 Å². The summed E-state index contributed by atoms with van der Waals surface area (Å²) in [7, 11) is -1.59. The first kappa shape index (κ1) is 19.7. The Balaban J connectivity index is 1.59. The summed E-state index contributed by atoms with van der Waals surface area (Å²) in [4.78, 5) is 38.3. The van der Waals surface area contributed by atoms with Crippen molar-refractivity contribution < 1.29 is 27.5 Å². The zero-order chi connectivity index (χ0) is 19.6. The molecule has 8 nitrogen and oxygen atoms in total. The number of anilines is 1. The minimum absolute atomic E-state index is 0.0634. The van der Waals surface area contributed by atoms with Gasteiger partial charge in [0.1, 0.15) is 0 Å². The molecule has 1 aromatic carbocycles. The van der Waals surface area contributed by atoms with Crippen LogP contribution in [-0.2, 0) is 24.2 Å². The van der Waals surface area contributed by atoms with Crippen LogP contribution in [0.4, 0.5) is 5.69 Å². The third-order valence-electron chi connectivity index (χ3n) is 4.55. The lowest BCUT2D eigenvalue weighted by molar-refractivity contribution is -0.134. The van der Waals surface area contributed by atoms with Crippen molar-refractivity contribution in [2.75, 3.05) is 36.2 Å². The first-order valence-corrected chi connectivity index (χ1v) is 11.3. The van der Waals surface area contributed by atoms with Crippen molar-refractivity contribution in [2.45, 2.75) is 23.8 Å². The highest BCUT2D eigenvalue weighted by Crippen LogP contribution is 2.31. The van der Waals surface area contributed by atoms with E-state index in [1.54, 1.807) is 12.1 Å². The van der Waals surface area contributed by atoms with Crippen LogP contribution in [0.25, 0.3) is 0 Å². The van der Waals surface area contributed by atoms with Crippen molar-refractivity contribution in [1.82, 2.24) is 4.90 Å². The fourth-order valence-corrected chi connectivity index (χ4v) is 5.66. The highest BCUT2D eigenvalue weighted by Gasteiger charge is 2.33. The molecule has 0 bridgehead atoms. The van der Waals surface area contributed by atoms with E-state index in [4.69, 9.17) is 4.74 Å². The van der Waals surface area contributed by atoms with Crippen molar-refractivity contribution >= 4 is 45.1 Å². The molecule has 1 fully saturated rings. The number of amides is 2. The number of benzene rings is 1. The van der Waals surface area contributed by atoms with Gasteiger partial charge in [0.25, 0.3) is 5.91 Å². The standard InChI is InChI=1S/C17H20N2O6S2/c1-19(12-5-7-27(23,24)10-12)16(21)9-25-17(22)11-2-3-14-13(8-11)18-15(20)4-6-26-14/h2-3,8,12H,4-7,9-10H2,1H3,(H,18,20)/t12-/m1/s1. The van der Waals surface area contributed by atoms with Crippen LogP contribution >= 0.6 is 11.8 Å². The number of ether oxygens (including phenoxy) is 1. The van der Waals surface area contributed by atoms with Crippen LogP contribution in [0.15, 0.2) is 23.1 Å². The van der Waals surface area contributed by atoms with E-state index < -0.39 is 28.3 Å². The second-order valence-electron chi connectivity index (χ2n) is 6.50. The average molecular weight is 412 g/mol. The number of nitrogens with zero attached hydrogens (tertiary/aromatic N) is 1. The van der Waals surface area contributed by atoms with Gasteiger partial charge in [-0.05, 0) is 24.6 Å². The van der Waals surface area contributed by atoms with E-state index in [-0.39, 0.29) is 29.0 Å². The maximum absolute atomic E-state index is 12.2. The molecule has 2 amide bonds. The van der Waals surface area contributed by atoms with E-state index in [1.165, 1.54) is 29.8 Å². The van der Waals surface area contributed by atoms with Gasteiger partial charge in [-0.25, -0.2) is 13.2 Å². The first-order valence-electron chi connectivity index (χ1n) is 8.45. The zero-order valence-electron chi connectivity index (χ0n) is 14.8. The molecule has 3 rings (SSSR count). The number of hydrogen-bond donors (Lipinski definition) is 1. The lowest BCUT2D eigenvalue weighted by Crippen LogP contribution is -2.40. The van der Waals surface area contributed by atoms with Crippen molar-refractivity contribution in [1.29, 1.82) is 0 Å². The van der Waals surface area contributed by atoms with E-state index in [0.29, 0.717) is 24.3 Å². The third-order valence-corrected chi connectivity index (χ3v) is 7.38. The molecule has 2 heterocycles. The molecule has 1 atom stereocenters. The highest BCUT2D eigenvalue weighted by atomic mass is 32.2. The summed E-state index contributed by atoms with van der Waals surface area (Å²) in [6, 6.07) is 4.47. The number of esters is 1. The Morgan fingerprint density at radius 2 is 2.15 bits per heavy atom. The summed E-state index contributed by atoms with van der Waals surface area (Å²) in [6.07, 6.45) is 0.789. The van der Waals surface area contributed by atoms with Crippen LogP contribution in [0, 0.1) is 0 Å². The molecule has 2 aliphatic rings. The predicted molar refractivity (Wildman–Crippen MR) is 101 cm³/mol. The van der Waals surface area contributed by atoms with Crippen LogP contribution in [0.1, 0.15) is 23.2 Å². The number of sulfone groups is 1. The summed E-state index contributed by atoms with van der Waals surface area (Å²) >= 11 is 1.52. The molecule has 1 N–H and O–H groups in total. The summed E-state index contributed by atoms with van der Waals surface area (Å²) in [6.45, 7) is -0.468. The van der Waals surface area contributed by atoms with E-state index in [9.17, 15) is 22.8 Å². The van der Waals surface area contributed by atoms with Crippen LogP contribution in [0.5, 0.6) is 0 Å². The monoisotopic (exact) mass is 412 g/mol. The quantitative estimate of drug-likeness (QED) is 0.733. The van der Waals surface area contributed by atoms with E-state index >= 15 is 0 Å². The zero-order valence-corrected chi connectivity index (χ0v) is 16.4. The molecule has 0 saturated carbocycles. The molecule has 27 heavy (non-hydrogen) atoms. The van der Waals surface area contributed by atoms with E-state index in [1.807, 2.05) is 0 Å². The molecule has 0 radical (unpaired) electrons. The van der Waals surface area contributed by atoms with Gasteiger partial charge in [0, 0.05) is 30.2 Å². The molecule has 1 saturated heterocycles. The number of likely N-dealkylation sites (N-methyl/N-ethyl adjacent to an activating group) is 1. The maximum atomic E-state index is 12.2. The van der Waals surface area contributed by atoms with Crippen LogP contribution in [0.2, 0.25) is 0 Å². The second-order valence-corrected chi connectivity index (χ2v) is 9.86. The molecule has 0 aromatic heterocycles. The number of rotatable bonds is 4. The largest absolute Gasteiger partial charge is 0.452 e. The van der Waals surface area contributed by atoms with Gasteiger partial charge in [-0.2, -0.15) is 0 Å². The first-order chi connectivity index (χ1) is 12.7. The normalized spacial score (nSPS) is 20.9. The Morgan fingerprint density at radius 3 is 2.85 bits per heavy atom. The van der Waals surface area contributed by atoms with E-state index in [0.717, 1.165) is 4.90 Å². The Labute approximate surface area is 161 Å². The number of nitrogens with one attached hydrogen (secondary N) is 1. The van der Waals surface area contributed by atoms with Crippen molar-refractivity contribution in [3.8, 4) is 0 Å². The van der Waals surface area contributed by atoms with Crippen LogP contribution in [0.3, 0.4) is 0 Å². The van der Waals surface area contributed by atoms with Crippen molar-refractivity contribution in [3.63, 3.8) is 0 Å². The Kier molecular flexibility index (Phi) is 5.75.